The molecule has 1 aromatic heterocycles. The van der Waals surface area contributed by atoms with Crippen LogP contribution in [0.15, 0.2) is 53.7 Å². The molecule has 2 aromatic rings. The van der Waals surface area contributed by atoms with E-state index in [4.69, 9.17) is 4.74 Å². The largest absolute Gasteiger partial charge is 0.383 e. The number of amides is 1. The number of nitrogens with zero attached hydrogens (tertiary/aromatic N) is 1. The van der Waals surface area contributed by atoms with Gasteiger partial charge in [0.1, 0.15) is 4.90 Å². The summed E-state index contributed by atoms with van der Waals surface area (Å²) in [5.74, 6) is -0.301. The minimum Gasteiger partial charge on any atom is -0.383 e. The van der Waals surface area contributed by atoms with Gasteiger partial charge < -0.3 is 10.1 Å². The van der Waals surface area contributed by atoms with Crippen LogP contribution in [0, 0.1) is 0 Å². The van der Waals surface area contributed by atoms with Gasteiger partial charge in [-0.25, -0.2) is 8.42 Å². The first kappa shape index (κ1) is 16.9. The zero-order chi connectivity index (χ0) is 16.7. The van der Waals surface area contributed by atoms with Crippen LogP contribution in [-0.2, 0) is 14.8 Å². The number of sulfonamides is 1. The Morgan fingerprint density at radius 1 is 1.26 bits per heavy atom. The van der Waals surface area contributed by atoms with Crippen LogP contribution in [0.3, 0.4) is 0 Å². The molecule has 23 heavy (non-hydrogen) atoms. The van der Waals surface area contributed by atoms with E-state index in [1.54, 1.807) is 25.3 Å². The van der Waals surface area contributed by atoms with Crippen molar-refractivity contribution in [3.05, 3.63) is 54.4 Å². The number of nitrogens with one attached hydrogen (secondary N) is 2. The minimum atomic E-state index is -3.74. The molecule has 0 radical (unpaired) electrons. The second-order valence-electron chi connectivity index (χ2n) is 4.62. The van der Waals surface area contributed by atoms with Gasteiger partial charge in [0.15, 0.2) is 0 Å². The lowest BCUT2D eigenvalue weighted by Crippen LogP contribution is -2.27. The Hall–Kier alpha value is -2.45. The van der Waals surface area contributed by atoms with E-state index < -0.39 is 10.0 Å². The lowest BCUT2D eigenvalue weighted by Gasteiger charge is -2.09. The Kier molecular flexibility index (Phi) is 5.67. The highest BCUT2D eigenvalue weighted by atomic mass is 32.2. The highest BCUT2D eigenvalue weighted by molar-refractivity contribution is 7.92. The molecule has 0 unspecified atom stereocenters. The number of rotatable bonds is 7. The molecule has 0 saturated carbocycles. The maximum Gasteiger partial charge on any atom is 0.263 e. The van der Waals surface area contributed by atoms with Gasteiger partial charge in [-0.2, -0.15) is 0 Å². The standard InChI is InChI=1S/C15H17N3O4S/c1-22-9-8-17-15(19)12-4-2-5-13(10-12)18-23(20,21)14-6-3-7-16-11-14/h2-7,10-11,18H,8-9H2,1H3,(H,17,19). The molecule has 0 aliphatic rings. The third kappa shape index (κ3) is 4.76. The number of hydrogen-bond donors (Lipinski definition) is 2. The maximum absolute atomic E-state index is 12.2. The summed E-state index contributed by atoms with van der Waals surface area (Å²) in [7, 11) is -2.20. The van der Waals surface area contributed by atoms with Gasteiger partial charge in [0.2, 0.25) is 0 Å². The van der Waals surface area contributed by atoms with Gasteiger partial charge in [0, 0.05) is 37.3 Å². The molecule has 8 heteroatoms. The zero-order valence-corrected chi connectivity index (χ0v) is 13.3. The van der Waals surface area contributed by atoms with Crippen LogP contribution in [0.2, 0.25) is 0 Å². The molecular weight excluding hydrogens is 318 g/mol. The average molecular weight is 335 g/mol. The quantitative estimate of drug-likeness (QED) is 0.743. The fourth-order valence-corrected chi connectivity index (χ4v) is 2.83. The molecule has 1 heterocycles. The Morgan fingerprint density at radius 2 is 2.09 bits per heavy atom. The molecule has 0 fully saturated rings. The molecule has 0 bridgehead atoms. The summed E-state index contributed by atoms with van der Waals surface area (Å²) in [6.45, 7) is 0.778. The average Bonchev–Trinajstić information content (AvgIpc) is 2.55. The maximum atomic E-state index is 12.2. The SMILES string of the molecule is COCCNC(=O)c1cccc(NS(=O)(=O)c2cccnc2)c1. The molecule has 1 amide bonds. The van der Waals surface area contributed by atoms with Crippen molar-refractivity contribution in [1.29, 1.82) is 0 Å². The third-order valence-corrected chi connectivity index (χ3v) is 4.28. The van der Waals surface area contributed by atoms with E-state index in [0.717, 1.165) is 0 Å². The normalized spacial score (nSPS) is 11.0. The van der Waals surface area contributed by atoms with Crippen LogP contribution < -0.4 is 10.0 Å². The Labute approximate surface area is 134 Å². The lowest BCUT2D eigenvalue weighted by atomic mass is 10.2. The van der Waals surface area contributed by atoms with E-state index in [0.29, 0.717) is 24.4 Å². The number of methoxy groups -OCH3 is 1. The first-order valence-electron chi connectivity index (χ1n) is 6.83. The Bertz CT molecular complexity index is 763. The first-order valence-corrected chi connectivity index (χ1v) is 8.31. The van der Waals surface area contributed by atoms with Crippen LogP contribution in [-0.4, -0.2) is 39.6 Å². The number of ether oxygens (including phenoxy) is 1. The van der Waals surface area contributed by atoms with Gasteiger partial charge >= 0.3 is 0 Å². The number of carbonyl (C=O) groups excluding carboxylic acids is 1. The summed E-state index contributed by atoms with van der Waals surface area (Å²) in [5, 5.41) is 2.67. The van der Waals surface area contributed by atoms with E-state index in [-0.39, 0.29) is 10.8 Å². The lowest BCUT2D eigenvalue weighted by molar-refractivity contribution is 0.0937. The van der Waals surface area contributed by atoms with E-state index in [1.165, 1.54) is 30.6 Å². The molecule has 1 aromatic carbocycles. The van der Waals surface area contributed by atoms with E-state index in [9.17, 15) is 13.2 Å². The number of carbonyl (C=O) groups is 1. The Morgan fingerprint density at radius 3 is 2.78 bits per heavy atom. The van der Waals surface area contributed by atoms with Crippen molar-refractivity contribution in [3.63, 3.8) is 0 Å². The van der Waals surface area contributed by atoms with E-state index >= 15 is 0 Å². The summed E-state index contributed by atoms with van der Waals surface area (Å²) < 4.78 is 31.7. The molecule has 0 spiro atoms. The predicted octanol–water partition coefficient (Wildman–Crippen LogP) is 1.26. The molecular formula is C15H17N3O4S. The van der Waals surface area contributed by atoms with Crippen LogP contribution in [0.4, 0.5) is 5.69 Å². The van der Waals surface area contributed by atoms with Gasteiger partial charge in [-0.1, -0.05) is 6.07 Å². The predicted molar refractivity (Wildman–Crippen MR) is 85.7 cm³/mol. The van der Waals surface area contributed by atoms with Crippen LogP contribution in [0.1, 0.15) is 10.4 Å². The van der Waals surface area contributed by atoms with Crippen molar-refractivity contribution >= 4 is 21.6 Å². The first-order chi connectivity index (χ1) is 11.0. The fraction of sp³-hybridized carbons (Fsp3) is 0.200. The highest BCUT2D eigenvalue weighted by Crippen LogP contribution is 2.16. The molecule has 0 aliphatic heterocycles. The number of pyridine rings is 1. The molecule has 0 atom stereocenters. The van der Waals surface area contributed by atoms with Gasteiger partial charge in [0.25, 0.3) is 15.9 Å². The van der Waals surface area contributed by atoms with E-state index in [1.807, 2.05) is 0 Å². The molecule has 0 aliphatic carbocycles. The number of hydrogen-bond acceptors (Lipinski definition) is 5. The summed E-state index contributed by atoms with van der Waals surface area (Å²) in [6, 6.07) is 9.22. The van der Waals surface area contributed by atoms with Crippen molar-refractivity contribution in [2.75, 3.05) is 25.0 Å². The second kappa shape index (κ2) is 7.70. The fourth-order valence-electron chi connectivity index (χ4n) is 1.81. The van der Waals surface area contributed by atoms with Crippen molar-refractivity contribution in [3.8, 4) is 0 Å². The van der Waals surface area contributed by atoms with E-state index in [2.05, 4.69) is 15.0 Å². The van der Waals surface area contributed by atoms with Gasteiger partial charge in [0.05, 0.1) is 6.61 Å². The van der Waals surface area contributed by atoms with Crippen molar-refractivity contribution in [1.82, 2.24) is 10.3 Å². The number of benzene rings is 1. The summed E-state index contributed by atoms with van der Waals surface area (Å²) in [4.78, 5) is 15.8. The van der Waals surface area contributed by atoms with Crippen LogP contribution in [0.5, 0.6) is 0 Å². The zero-order valence-electron chi connectivity index (χ0n) is 12.5. The molecule has 0 saturated heterocycles. The summed E-state index contributed by atoms with van der Waals surface area (Å²) in [6.07, 6.45) is 2.74. The van der Waals surface area contributed by atoms with Crippen molar-refractivity contribution in [2.24, 2.45) is 0 Å². The van der Waals surface area contributed by atoms with Gasteiger partial charge in [-0.05, 0) is 30.3 Å². The van der Waals surface area contributed by atoms with Gasteiger partial charge in [-0.3, -0.25) is 14.5 Å². The number of anilines is 1. The Balaban J connectivity index is 2.12. The second-order valence-corrected chi connectivity index (χ2v) is 6.31. The van der Waals surface area contributed by atoms with Crippen molar-refractivity contribution < 1.29 is 17.9 Å². The smallest absolute Gasteiger partial charge is 0.263 e. The molecule has 122 valence electrons. The topological polar surface area (TPSA) is 97.4 Å². The number of aromatic nitrogens is 1. The van der Waals surface area contributed by atoms with Crippen LogP contribution >= 0.6 is 0 Å². The molecule has 2 rings (SSSR count). The molecule has 7 nitrogen and oxygen atoms in total. The van der Waals surface area contributed by atoms with Crippen molar-refractivity contribution in [2.45, 2.75) is 4.90 Å². The summed E-state index contributed by atoms with van der Waals surface area (Å²) in [5.41, 5.74) is 0.653. The molecule has 2 N–H and O–H groups in total. The minimum absolute atomic E-state index is 0.0509. The third-order valence-electron chi connectivity index (χ3n) is 2.91. The monoisotopic (exact) mass is 335 g/mol. The highest BCUT2D eigenvalue weighted by Gasteiger charge is 2.15. The summed E-state index contributed by atoms with van der Waals surface area (Å²) >= 11 is 0. The van der Waals surface area contributed by atoms with Crippen LogP contribution in [0.25, 0.3) is 0 Å². The van der Waals surface area contributed by atoms with Gasteiger partial charge in [-0.15, -0.1) is 0 Å².